The Morgan fingerprint density at radius 2 is 2.12 bits per heavy atom. The van der Waals surface area contributed by atoms with Crippen molar-refractivity contribution in [1.29, 1.82) is 0 Å². The highest BCUT2D eigenvalue weighted by Crippen LogP contribution is 2.21. The lowest BCUT2D eigenvalue weighted by atomic mass is 10.1. The summed E-state index contributed by atoms with van der Waals surface area (Å²) < 4.78 is 6.21. The molecular weight excluding hydrogens is 308 g/mol. The van der Waals surface area contributed by atoms with Crippen molar-refractivity contribution in [1.82, 2.24) is 14.7 Å². The minimum Gasteiger partial charge on any atom is -0.335 e. The Morgan fingerprint density at radius 1 is 1.33 bits per heavy atom. The molecule has 3 rings (SSSR count). The minimum atomic E-state index is -0.339. The van der Waals surface area contributed by atoms with Gasteiger partial charge in [-0.3, -0.25) is 14.2 Å². The largest absolute Gasteiger partial charge is 0.335 e. The van der Waals surface area contributed by atoms with Gasteiger partial charge in [0.05, 0.1) is 5.69 Å². The minimum absolute atomic E-state index is 0.121. The predicted molar refractivity (Wildman–Crippen MR) is 90.0 cm³/mol. The molecule has 0 bridgehead atoms. The van der Waals surface area contributed by atoms with Gasteiger partial charge >= 0.3 is 0 Å². The van der Waals surface area contributed by atoms with Crippen molar-refractivity contribution in [2.45, 2.75) is 33.7 Å². The van der Waals surface area contributed by atoms with Crippen molar-refractivity contribution >= 4 is 22.7 Å². The average molecular weight is 326 g/mol. The zero-order valence-electron chi connectivity index (χ0n) is 13.8. The van der Waals surface area contributed by atoms with Crippen LogP contribution in [0.1, 0.15) is 23.7 Å². The molecule has 3 aromatic rings. The number of para-hydroxylation sites is 1. The molecule has 0 saturated carbocycles. The summed E-state index contributed by atoms with van der Waals surface area (Å²) in [5.41, 5.74) is 3.14. The van der Waals surface area contributed by atoms with E-state index in [0.717, 1.165) is 23.2 Å². The molecule has 2 heterocycles. The van der Waals surface area contributed by atoms with Gasteiger partial charge in [-0.1, -0.05) is 30.3 Å². The number of nitrogens with one attached hydrogen (secondary N) is 1. The van der Waals surface area contributed by atoms with E-state index in [2.05, 4.69) is 15.5 Å². The summed E-state index contributed by atoms with van der Waals surface area (Å²) in [6, 6.07) is 5.87. The van der Waals surface area contributed by atoms with Gasteiger partial charge in [0.2, 0.25) is 5.91 Å². The van der Waals surface area contributed by atoms with Crippen LogP contribution < -0.4 is 10.9 Å². The monoisotopic (exact) mass is 326 g/mol. The number of amides is 1. The van der Waals surface area contributed by atoms with Gasteiger partial charge < -0.3 is 9.84 Å². The average Bonchev–Trinajstić information content (AvgIpc) is 2.94. The van der Waals surface area contributed by atoms with Gasteiger partial charge in [-0.25, -0.2) is 4.98 Å². The van der Waals surface area contributed by atoms with Crippen LogP contribution in [0.3, 0.4) is 0 Å². The predicted octanol–water partition coefficient (Wildman–Crippen LogP) is 2.20. The van der Waals surface area contributed by atoms with E-state index in [1.807, 2.05) is 32.0 Å². The summed E-state index contributed by atoms with van der Waals surface area (Å²) in [6.07, 6.45) is 2.11. The summed E-state index contributed by atoms with van der Waals surface area (Å²) in [5, 5.41) is 6.93. The highest BCUT2D eigenvalue weighted by molar-refractivity contribution is 5.92. The number of benzene rings is 1. The van der Waals surface area contributed by atoms with Gasteiger partial charge in [-0.05, 0) is 31.4 Å². The van der Waals surface area contributed by atoms with Gasteiger partial charge in [-0.2, -0.15) is 0 Å². The Labute approximate surface area is 138 Å². The van der Waals surface area contributed by atoms with Crippen molar-refractivity contribution in [2.75, 3.05) is 5.32 Å². The van der Waals surface area contributed by atoms with Crippen LogP contribution in [0.2, 0.25) is 0 Å². The number of carbonyl (C=O) groups excluding carboxylic acids is 1. The summed E-state index contributed by atoms with van der Waals surface area (Å²) in [5.74, 6) is -0.281. The fourth-order valence-electron chi connectivity index (χ4n) is 2.66. The van der Waals surface area contributed by atoms with Crippen molar-refractivity contribution in [3.05, 3.63) is 51.7 Å². The van der Waals surface area contributed by atoms with Crippen LogP contribution in [-0.4, -0.2) is 20.6 Å². The van der Waals surface area contributed by atoms with Crippen LogP contribution in [0.4, 0.5) is 5.69 Å². The maximum atomic E-state index is 12.4. The number of carbonyl (C=O) groups is 1. The van der Waals surface area contributed by atoms with E-state index in [1.54, 1.807) is 6.92 Å². The van der Waals surface area contributed by atoms with Crippen molar-refractivity contribution in [3.8, 4) is 0 Å². The molecule has 7 nitrogen and oxygen atoms in total. The molecule has 1 amide bonds. The number of aromatic nitrogens is 3. The molecule has 0 aliphatic carbocycles. The zero-order valence-corrected chi connectivity index (χ0v) is 13.8. The zero-order chi connectivity index (χ0) is 17.3. The second-order valence-electron chi connectivity index (χ2n) is 5.64. The second-order valence-corrected chi connectivity index (χ2v) is 5.64. The second kappa shape index (κ2) is 6.27. The van der Waals surface area contributed by atoms with Crippen LogP contribution in [0.25, 0.3) is 11.1 Å². The van der Waals surface area contributed by atoms with E-state index >= 15 is 0 Å². The van der Waals surface area contributed by atoms with Gasteiger partial charge in [0.15, 0.2) is 0 Å². The fourth-order valence-corrected chi connectivity index (χ4v) is 2.66. The van der Waals surface area contributed by atoms with E-state index in [1.165, 1.54) is 10.9 Å². The lowest BCUT2D eigenvalue weighted by Crippen LogP contribution is -2.28. The molecule has 0 aliphatic heterocycles. The molecule has 1 aromatic carbocycles. The number of fused-ring (bicyclic) bond motifs is 1. The Balaban J connectivity index is 1.87. The van der Waals surface area contributed by atoms with Crippen LogP contribution in [-0.2, 0) is 17.8 Å². The summed E-state index contributed by atoms with van der Waals surface area (Å²) in [4.78, 5) is 28.8. The first-order chi connectivity index (χ1) is 11.5. The summed E-state index contributed by atoms with van der Waals surface area (Å²) >= 11 is 0. The van der Waals surface area contributed by atoms with Crippen LogP contribution in [0, 0.1) is 13.8 Å². The molecule has 1 N–H and O–H groups in total. The highest BCUT2D eigenvalue weighted by atomic mass is 16.5. The Hall–Kier alpha value is -2.96. The lowest BCUT2D eigenvalue weighted by Gasteiger charge is -2.13. The van der Waals surface area contributed by atoms with Gasteiger partial charge in [0.1, 0.15) is 18.3 Å². The molecule has 0 radical (unpaired) electrons. The van der Waals surface area contributed by atoms with Crippen molar-refractivity contribution < 1.29 is 9.32 Å². The summed E-state index contributed by atoms with van der Waals surface area (Å²) in [7, 11) is 0. The first kappa shape index (κ1) is 15.9. The van der Waals surface area contributed by atoms with E-state index in [-0.39, 0.29) is 23.7 Å². The third-order valence-electron chi connectivity index (χ3n) is 3.95. The quantitative estimate of drug-likeness (QED) is 0.794. The number of rotatable bonds is 4. The Bertz CT molecular complexity index is 972. The SMILES string of the molecule is CCc1cccc(C)c1NC(=O)Cn1cnc2onc(C)c2c1=O. The molecular formula is C17H18N4O3. The van der Waals surface area contributed by atoms with Gasteiger partial charge in [-0.15, -0.1) is 0 Å². The Morgan fingerprint density at radius 3 is 2.88 bits per heavy atom. The van der Waals surface area contributed by atoms with E-state index in [9.17, 15) is 9.59 Å². The molecule has 124 valence electrons. The number of aryl methyl sites for hydroxylation is 3. The molecule has 0 atom stereocenters. The molecule has 0 saturated heterocycles. The van der Waals surface area contributed by atoms with Gasteiger partial charge in [0.25, 0.3) is 11.3 Å². The third kappa shape index (κ3) is 2.80. The van der Waals surface area contributed by atoms with Crippen molar-refractivity contribution in [2.24, 2.45) is 0 Å². The van der Waals surface area contributed by atoms with Crippen LogP contribution in [0.5, 0.6) is 0 Å². The Kier molecular flexibility index (Phi) is 4.16. The molecule has 0 unspecified atom stereocenters. The number of nitrogens with zero attached hydrogens (tertiary/aromatic N) is 3. The maximum absolute atomic E-state index is 12.4. The molecule has 24 heavy (non-hydrogen) atoms. The first-order valence-electron chi connectivity index (χ1n) is 7.71. The fraction of sp³-hybridized carbons (Fsp3) is 0.294. The first-order valence-corrected chi connectivity index (χ1v) is 7.71. The van der Waals surface area contributed by atoms with Gasteiger partial charge in [0, 0.05) is 5.69 Å². The highest BCUT2D eigenvalue weighted by Gasteiger charge is 2.15. The molecule has 0 fully saturated rings. The third-order valence-corrected chi connectivity index (χ3v) is 3.95. The number of hydrogen-bond acceptors (Lipinski definition) is 5. The normalized spacial score (nSPS) is 11.0. The summed E-state index contributed by atoms with van der Waals surface area (Å²) in [6.45, 7) is 5.51. The lowest BCUT2D eigenvalue weighted by molar-refractivity contribution is -0.116. The van der Waals surface area contributed by atoms with Crippen LogP contribution in [0.15, 0.2) is 33.8 Å². The molecule has 0 spiro atoms. The number of hydrogen-bond donors (Lipinski definition) is 1. The standard InChI is InChI=1S/C17H18N4O3/c1-4-12-7-5-6-10(2)15(12)19-13(22)8-21-9-18-16-14(17(21)23)11(3)20-24-16/h5-7,9H,4,8H2,1-3H3,(H,19,22). The van der Waals surface area contributed by atoms with Crippen LogP contribution >= 0.6 is 0 Å². The smallest absolute Gasteiger partial charge is 0.267 e. The van der Waals surface area contributed by atoms with E-state index in [4.69, 9.17) is 4.52 Å². The van der Waals surface area contributed by atoms with Crippen molar-refractivity contribution in [3.63, 3.8) is 0 Å². The van der Waals surface area contributed by atoms with E-state index < -0.39 is 0 Å². The molecule has 7 heteroatoms. The topological polar surface area (TPSA) is 90.0 Å². The molecule has 0 aliphatic rings. The molecule has 2 aromatic heterocycles. The maximum Gasteiger partial charge on any atom is 0.267 e. The number of anilines is 1. The van der Waals surface area contributed by atoms with E-state index in [0.29, 0.717) is 11.1 Å².